The van der Waals surface area contributed by atoms with E-state index in [4.69, 9.17) is 4.74 Å². The van der Waals surface area contributed by atoms with Crippen LogP contribution in [0, 0.1) is 17.5 Å². The molecule has 2 aromatic carbocycles. The summed E-state index contributed by atoms with van der Waals surface area (Å²) < 4.78 is 46.1. The van der Waals surface area contributed by atoms with Crippen LogP contribution in [0.15, 0.2) is 54.2 Å². The normalized spacial score (nSPS) is 13.2. The average molecular weight is 391 g/mol. The Bertz CT molecular complexity index is 858. The van der Waals surface area contributed by atoms with Gasteiger partial charge in [0.05, 0.1) is 0 Å². The van der Waals surface area contributed by atoms with Crippen LogP contribution in [0.5, 0.6) is 0 Å². The van der Waals surface area contributed by atoms with E-state index in [2.05, 4.69) is 5.32 Å². The Kier molecular flexibility index (Phi) is 6.89. The predicted octanol–water partition coefficient (Wildman–Crippen LogP) is 5.22. The fourth-order valence-corrected chi connectivity index (χ4v) is 2.62. The minimum atomic E-state index is -1.26. The van der Waals surface area contributed by atoms with Crippen molar-refractivity contribution >= 4 is 5.97 Å². The monoisotopic (exact) mass is 391 g/mol. The first-order valence-corrected chi connectivity index (χ1v) is 8.93. The lowest BCUT2D eigenvalue weighted by atomic mass is 10.0. The van der Waals surface area contributed by atoms with E-state index in [9.17, 15) is 18.0 Å². The lowest BCUT2D eigenvalue weighted by Crippen LogP contribution is -2.25. The highest BCUT2D eigenvalue weighted by Crippen LogP contribution is 2.20. The molecule has 0 spiro atoms. The molecule has 3 nitrogen and oxygen atoms in total. The molecule has 2 aromatic rings. The predicted molar refractivity (Wildman–Crippen MR) is 102 cm³/mol. The molecular formula is C22H24F3NO2. The maximum Gasteiger partial charge on any atom is 0.333 e. The lowest BCUT2D eigenvalue weighted by Gasteiger charge is -2.21. The molecule has 0 aromatic heterocycles. The first-order chi connectivity index (χ1) is 13.0. The van der Waals surface area contributed by atoms with E-state index in [1.54, 1.807) is 20.8 Å². The average Bonchev–Trinajstić information content (AvgIpc) is 2.58. The Morgan fingerprint density at radius 1 is 1.07 bits per heavy atom. The smallest absolute Gasteiger partial charge is 0.333 e. The molecule has 0 saturated heterocycles. The SMILES string of the molecule is C[C@@H](N/C(=C\C(=O)OC(C)(C)C)Cc1cc(F)c(F)cc1F)c1ccccc1. The summed E-state index contributed by atoms with van der Waals surface area (Å²) in [6, 6.07) is 10.5. The largest absolute Gasteiger partial charge is 0.457 e. The van der Waals surface area contributed by atoms with Gasteiger partial charge in [-0.05, 0) is 44.9 Å². The third-order valence-corrected chi connectivity index (χ3v) is 3.87. The molecule has 0 amide bonds. The molecule has 0 heterocycles. The van der Waals surface area contributed by atoms with Crippen LogP contribution in [0.2, 0.25) is 0 Å². The molecule has 0 unspecified atom stereocenters. The Morgan fingerprint density at radius 2 is 1.68 bits per heavy atom. The van der Waals surface area contributed by atoms with Crippen molar-refractivity contribution < 1.29 is 22.7 Å². The van der Waals surface area contributed by atoms with Gasteiger partial charge in [-0.3, -0.25) is 0 Å². The maximum atomic E-state index is 14.1. The van der Waals surface area contributed by atoms with E-state index in [0.29, 0.717) is 11.8 Å². The molecule has 0 aliphatic carbocycles. The molecule has 0 aliphatic heterocycles. The maximum absolute atomic E-state index is 14.1. The van der Waals surface area contributed by atoms with E-state index in [0.717, 1.165) is 11.6 Å². The number of halogens is 3. The molecule has 28 heavy (non-hydrogen) atoms. The number of carbonyl (C=O) groups excluding carboxylic acids is 1. The van der Waals surface area contributed by atoms with E-state index < -0.39 is 29.0 Å². The van der Waals surface area contributed by atoms with Crippen LogP contribution in [0.1, 0.15) is 44.9 Å². The van der Waals surface area contributed by atoms with Crippen molar-refractivity contribution in [2.24, 2.45) is 0 Å². The number of nitrogens with one attached hydrogen (secondary N) is 1. The van der Waals surface area contributed by atoms with Crippen molar-refractivity contribution in [2.45, 2.75) is 45.8 Å². The van der Waals surface area contributed by atoms with Gasteiger partial charge in [0.1, 0.15) is 11.4 Å². The summed E-state index contributed by atoms with van der Waals surface area (Å²) in [4.78, 5) is 12.2. The number of allylic oxidation sites excluding steroid dienone is 1. The van der Waals surface area contributed by atoms with Gasteiger partial charge in [0.25, 0.3) is 0 Å². The number of rotatable bonds is 6. The zero-order chi connectivity index (χ0) is 20.9. The van der Waals surface area contributed by atoms with Gasteiger partial charge in [-0.1, -0.05) is 30.3 Å². The van der Waals surface area contributed by atoms with E-state index in [1.807, 2.05) is 37.3 Å². The van der Waals surface area contributed by atoms with Gasteiger partial charge in [-0.2, -0.15) is 0 Å². The topological polar surface area (TPSA) is 38.3 Å². The van der Waals surface area contributed by atoms with Gasteiger partial charge in [-0.15, -0.1) is 0 Å². The van der Waals surface area contributed by atoms with Gasteiger partial charge in [0.15, 0.2) is 11.6 Å². The van der Waals surface area contributed by atoms with Crippen LogP contribution in [0.25, 0.3) is 0 Å². The molecule has 1 atom stereocenters. The van der Waals surface area contributed by atoms with E-state index in [-0.39, 0.29) is 18.0 Å². The molecule has 6 heteroatoms. The number of benzene rings is 2. The summed E-state index contributed by atoms with van der Waals surface area (Å²) in [5.74, 6) is -3.91. The number of hydrogen-bond donors (Lipinski definition) is 1. The lowest BCUT2D eigenvalue weighted by molar-refractivity contribution is -0.148. The Labute approximate surface area is 163 Å². The standard InChI is InChI=1S/C22H24F3NO2/c1-14(15-8-6-5-7-9-15)26-17(12-21(27)28-22(2,3)4)10-16-11-19(24)20(25)13-18(16)23/h5-9,11-14,26H,10H2,1-4H3/b17-12-/t14-/m1/s1. The summed E-state index contributed by atoms with van der Waals surface area (Å²) in [6.07, 6.45) is 1.09. The molecule has 0 fully saturated rings. The van der Waals surface area contributed by atoms with Crippen molar-refractivity contribution in [2.75, 3.05) is 0 Å². The zero-order valence-corrected chi connectivity index (χ0v) is 16.4. The van der Waals surface area contributed by atoms with Crippen LogP contribution in [-0.2, 0) is 16.0 Å². The van der Waals surface area contributed by atoms with Crippen LogP contribution in [0.3, 0.4) is 0 Å². The number of hydrogen-bond acceptors (Lipinski definition) is 3. The van der Waals surface area contributed by atoms with Crippen molar-refractivity contribution in [3.8, 4) is 0 Å². The van der Waals surface area contributed by atoms with Crippen LogP contribution in [-0.4, -0.2) is 11.6 Å². The summed E-state index contributed by atoms with van der Waals surface area (Å²) in [5.41, 5.74) is 0.511. The van der Waals surface area contributed by atoms with E-state index >= 15 is 0 Å². The number of carbonyl (C=O) groups is 1. The van der Waals surface area contributed by atoms with Gasteiger partial charge < -0.3 is 10.1 Å². The van der Waals surface area contributed by atoms with Crippen LogP contribution < -0.4 is 5.32 Å². The highest BCUT2D eigenvalue weighted by atomic mass is 19.2. The second kappa shape index (κ2) is 8.95. The quantitative estimate of drug-likeness (QED) is 0.417. The second-order valence-electron chi connectivity index (χ2n) is 7.51. The van der Waals surface area contributed by atoms with Crippen LogP contribution in [0.4, 0.5) is 13.2 Å². The zero-order valence-electron chi connectivity index (χ0n) is 16.4. The molecule has 0 aliphatic rings. The first kappa shape index (κ1) is 21.5. The number of esters is 1. The fraction of sp³-hybridized carbons (Fsp3) is 0.318. The Hall–Kier alpha value is -2.76. The molecular weight excluding hydrogens is 367 g/mol. The molecule has 0 radical (unpaired) electrons. The summed E-state index contributed by atoms with van der Waals surface area (Å²) in [7, 11) is 0. The summed E-state index contributed by atoms with van der Waals surface area (Å²) in [6.45, 7) is 7.06. The highest BCUT2D eigenvalue weighted by molar-refractivity contribution is 5.83. The van der Waals surface area contributed by atoms with Gasteiger partial charge >= 0.3 is 5.97 Å². The number of ether oxygens (including phenoxy) is 1. The third-order valence-electron chi connectivity index (χ3n) is 3.87. The summed E-state index contributed by atoms with van der Waals surface area (Å²) in [5, 5.41) is 3.14. The highest BCUT2D eigenvalue weighted by Gasteiger charge is 2.18. The van der Waals surface area contributed by atoms with Crippen molar-refractivity contribution in [1.82, 2.24) is 5.32 Å². The Morgan fingerprint density at radius 3 is 2.29 bits per heavy atom. The molecule has 150 valence electrons. The van der Waals surface area contributed by atoms with Crippen LogP contribution >= 0.6 is 0 Å². The third kappa shape index (κ3) is 6.44. The fourth-order valence-electron chi connectivity index (χ4n) is 2.62. The van der Waals surface area contributed by atoms with Crippen molar-refractivity contribution in [3.05, 3.63) is 82.8 Å². The van der Waals surface area contributed by atoms with Gasteiger partial charge in [0.2, 0.25) is 0 Å². The molecule has 0 bridgehead atoms. The van der Waals surface area contributed by atoms with E-state index in [1.165, 1.54) is 6.08 Å². The first-order valence-electron chi connectivity index (χ1n) is 8.93. The Balaban J connectivity index is 2.30. The molecule has 2 rings (SSSR count). The van der Waals surface area contributed by atoms with Gasteiger partial charge in [0, 0.05) is 30.3 Å². The molecule has 0 saturated carbocycles. The molecule has 1 N–H and O–H groups in total. The summed E-state index contributed by atoms with van der Waals surface area (Å²) >= 11 is 0. The minimum absolute atomic E-state index is 0.0681. The van der Waals surface area contributed by atoms with Gasteiger partial charge in [-0.25, -0.2) is 18.0 Å². The van der Waals surface area contributed by atoms with Crippen molar-refractivity contribution in [3.63, 3.8) is 0 Å². The van der Waals surface area contributed by atoms with Crippen molar-refractivity contribution in [1.29, 1.82) is 0 Å². The minimum Gasteiger partial charge on any atom is -0.457 e. The second-order valence-corrected chi connectivity index (χ2v) is 7.51.